The van der Waals surface area contributed by atoms with Gasteiger partial charge in [-0.3, -0.25) is 9.59 Å². The van der Waals surface area contributed by atoms with Crippen LogP contribution in [0.2, 0.25) is 0 Å². The molecule has 1 saturated carbocycles. The minimum Gasteiger partial charge on any atom is -0.345 e. The van der Waals surface area contributed by atoms with Crippen LogP contribution >= 0.6 is 11.3 Å². The molecule has 0 radical (unpaired) electrons. The lowest BCUT2D eigenvalue weighted by atomic mass is 9.95. The Morgan fingerprint density at radius 3 is 2.44 bits per heavy atom. The fourth-order valence-corrected chi connectivity index (χ4v) is 5.42. The van der Waals surface area contributed by atoms with Gasteiger partial charge in [0.1, 0.15) is 32.2 Å². The van der Waals surface area contributed by atoms with Crippen molar-refractivity contribution >= 4 is 23.2 Å². The minimum atomic E-state index is -0.492. The topological polar surface area (TPSA) is 67.1 Å². The van der Waals surface area contributed by atoms with Gasteiger partial charge in [-0.1, -0.05) is 25.3 Å². The highest BCUT2D eigenvalue weighted by Gasteiger charge is 2.35. The molecule has 0 aromatic carbocycles. The molecule has 2 atom stereocenters. The number of amides is 2. The van der Waals surface area contributed by atoms with Gasteiger partial charge >= 0.3 is 11.8 Å². The number of carbonyl (C=O) groups excluding carboxylic acids is 2. The molecule has 1 aromatic heterocycles. The quantitative estimate of drug-likeness (QED) is 0.492. The van der Waals surface area contributed by atoms with Gasteiger partial charge in [0.25, 0.3) is 0 Å². The molecule has 0 unspecified atom stereocenters. The first-order valence-electron chi connectivity index (χ1n) is 10.3. The second-order valence-corrected chi connectivity index (χ2v) is 9.16. The Morgan fingerprint density at radius 2 is 1.81 bits per heavy atom. The molecule has 0 bridgehead atoms. The highest BCUT2D eigenvalue weighted by Crippen LogP contribution is 2.20. The largest absolute Gasteiger partial charge is 0.345 e. The minimum absolute atomic E-state index is 0.0818. The summed E-state index contributed by atoms with van der Waals surface area (Å²) >= 11 is 1.74. The molecule has 0 spiro atoms. The van der Waals surface area contributed by atoms with Crippen molar-refractivity contribution in [2.24, 2.45) is 0 Å². The number of rotatable bonds is 5. The molecule has 1 aliphatic carbocycles. The number of hydrogen-bond donors (Lipinski definition) is 4. The Labute approximate surface area is 166 Å². The van der Waals surface area contributed by atoms with Gasteiger partial charge in [0.2, 0.25) is 0 Å². The fraction of sp³-hybridized carbons (Fsp3) is 0.700. The Kier molecular flexibility index (Phi) is 7.26. The Hall–Kier alpha value is -1.44. The number of carbonyl (C=O) groups is 2. The molecule has 6 nitrogen and oxygen atoms in total. The first kappa shape index (κ1) is 20.3. The van der Waals surface area contributed by atoms with Gasteiger partial charge in [-0.05, 0) is 31.2 Å². The Morgan fingerprint density at radius 1 is 1.11 bits per heavy atom. The number of piperazine rings is 1. The zero-order chi connectivity index (χ0) is 19.2. The molecular formula is C20H34N4O2S+2. The van der Waals surface area contributed by atoms with E-state index < -0.39 is 11.8 Å². The number of thiophene rings is 1. The van der Waals surface area contributed by atoms with Crippen molar-refractivity contribution in [2.75, 3.05) is 33.2 Å². The van der Waals surface area contributed by atoms with Crippen LogP contribution in [0.5, 0.6) is 0 Å². The van der Waals surface area contributed by atoms with E-state index >= 15 is 0 Å². The summed E-state index contributed by atoms with van der Waals surface area (Å²) in [5.74, 6) is -0.967. The van der Waals surface area contributed by atoms with Gasteiger partial charge in [0.15, 0.2) is 0 Å². The van der Waals surface area contributed by atoms with Crippen LogP contribution in [0, 0.1) is 0 Å². The smallest absolute Gasteiger partial charge is 0.309 e. The summed E-state index contributed by atoms with van der Waals surface area (Å²) in [5.41, 5.74) is 0. The summed E-state index contributed by atoms with van der Waals surface area (Å²) in [4.78, 5) is 29.2. The average Bonchev–Trinajstić information content (AvgIpc) is 3.18. The number of likely N-dealkylation sites (N-methyl/N-ethyl adjacent to an activating group) is 1. The highest BCUT2D eigenvalue weighted by molar-refractivity contribution is 7.10. The van der Waals surface area contributed by atoms with E-state index in [0.29, 0.717) is 0 Å². The van der Waals surface area contributed by atoms with Crippen LogP contribution in [0.3, 0.4) is 0 Å². The van der Waals surface area contributed by atoms with E-state index in [2.05, 4.69) is 35.2 Å². The van der Waals surface area contributed by atoms with Crippen LogP contribution < -0.4 is 20.4 Å². The molecule has 2 fully saturated rings. The van der Waals surface area contributed by atoms with Crippen LogP contribution in [0.1, 0.15) is 49.9 Å². The summed E-state index contributed by atoms with van der Waals surface area (Å²) in [7, 11) is 2.23. The Bertz CT molecular complexity index is 608. The molecule has 1 aromatic rings. The van der Waals surface area contributed by atoms with Crippen molar-refractivity contribution in [3.05, 3.63) is 22.4 Å². The van der Waals surface area contributed by atoms with Gasteiger partial charge < -0.3 is 20.4 Å². The van der Waals surface area contributed by atoms with E-state index in [9.17, 15) is 9.59 Å². The van der Waals surface area contributed by atoms with Gasteiger partial charge in [-0.15, -0.1) is 11.3 Å². The van der Waals surface area contributed by atoms with Gasteiger partial charge in [-0.25, -0.2) is 0 Å². The van der Waals surface area contributed by atoms with Crippen LogP contribution in [-0.4, -0.2) is 57.1 Å². The lowest BCUT2D eigenvalue weighted by Crippen LogP contribution is -3.27. The predicted octanol–water partition coefficient (Wildman–Crippen LogP) is -0.844. The first-order chi connectivity index (χ1) is 13.0. The maximum absolute atomic E-state index is 12.5. The summed E-state index contributed by atoms with van der Waals surface area (Å²) < 4.78 is 0. The SMILES string of the molecule is C[C@@H](NC(=O)C(=O)NC1CCCCC1)[C@H](c1cccs1)[NH+]1CC[NH+](C)CC1. The molecule has 27 heavy (non-hydrogen) atoms. The average molecular weight is 395 g/mol. The lowest BCUT2D eigenvalue weighted by molar-refractivity contribution is -1.02. The zero-order valence-corrected chi connectivity index (χ0v) is 17.4. The maximum atomic E-state index is 12.5. The molecule has 7 heteroatoms. The van der Waals surface area contributed by atoms with Crippen molar-refractivity contribution in [3.63, 3.8) is 0 Å². The first-order valence-corrected chi connectivity index (χ1v) is 11.2. The van der Waals surface area contributed by atoms with Crippen LogP contribution in [0.25, 0.3) is 0 Å². The zero-order valence-electron chi connectivity index (χ0n) is 16.6. The van der Waals surface area contributed by atoms with E-state index in [0.717, 1.165) is 51.9 Å². The van der Waals surface area contributed by atoms with Crippen molar-refractivity contribution in [1.29, 1.82) is 0 Å². The van der Waals surface area contributed by atoms with E-state index in [1.54, 1.807) is 16.2 Å². The van der Waals surface area contributed by atoms with Crippen LogP contribution in [-0.2, 0) is 9.59 Å². The third kappa shape index (κ3) is 5.53. The predicted molar refractivity (Wildman–Crippen MR) is 107 cm³/mol. The fourth-order valence-electron chi connectivity index (χ4n) is 4.43. The van der Waals surface area contributed by atoms with Gasteiger partial charge in [-0.2, -0.15) is 0 Å². The van der Waals surface area contributed by atoms with Gasteiger partial charge in [0.05, 0.1) is 18.0 Å². The second-order valence-electron chi connectivity index (χ2n) is 8.18. The Balaban J connectivity index is 1.60. The lowest BCUT2D eigenvalue weighted by Gasteiger charge is -2.35. The van der Waals surface area contributed by atoms with E-state index in [-0.39, 0.29) is 18.1 Å². The monoisotopic (exact) mass is 394 g/mol. The van der Waals surface area contributed by atoms with Crippen molar-refractivity contribution in [2.45, 2.75) is 57.2 Å². The summed E-state index contributed by atoms with van der Waals surface area (Å²) in [6, 6.07) is 4.49. The van der Waals surface area contributed by atoms with E-state index in [1.165, 1.54) is 16.2 Å². The molecule has 1 saturated heterocycles. The van der Waals surface area contributed by atoms with Crippen LogP contribution in [0.4, 0.5) is 0 Å². The number of hydrogen-bond acceptors (Lipinski definition) is 3. The highest BCUT2D eigenvalue weighted by atomic mass is 32.1. The standard InChI is InChI=1S/C20H32N4O2S/c1-15(21-19(25)20(26)22-16-7-4-3-5-8-16)18(17-9-6-14-27-17)24-12-10-23(2)11-13-24/h6,9,14-16,18H,3-5,7-8,10-13H2,1-2H3,(H,21,25)(H,22,26)/p+2/t15-,18-/m1/s1. The van der Waals surface area contributed by atoms with E-state index in [4.69, 9.17) is 0 Å². The molecule has 2 heterocycles. The molecule has 150 valence electrons. The van der Waals surface area contributed by atoms with E-state index in [1.807, 2.05) is 6.92 Å². The van der Waals surface area contributed by atoms with Gasteiger partial charge in [0, 0.05) is 6.04 Å². The van der Waals surface area contributed by atoms with Crippen molar-refractivity contribution in [1.82, 2.24) is 10.6 Å². The summed E-state index contributed by atoms with van der Waals surface area (Å²) in [6.07, 6.45) is 5.48. The molecular weight excluding hydrogens is 360 g/mol. The summed E-state index contributed by atoms with van der Waals surface area (Å²) in [6.45, 7) is 6.49. The van der Waals surface area contributed by atoms with Crippen LogP contribution in [0.15, 0.2) is 17.5 Å². The molecule has 4 N–H and O–H groups in total. The number of nitrogens with one attached hydrogen (secondary N) is 4. The van der Waals surface area contributed by atoms with Crippen molar-refractivity contribution < 1.29 is 19.4 Å². The molecule has 2 amide bonds. The second kappa shape index (κ2) is 9.66. The van der Waals surface area contributed by atoms with Crippen molar-refractivity contribution in [3.8, 4) is 0 Å². The molecule has 3 rings (SSSR count). The normalized spacial score (nSPS) is 26.1. The third-order valence-corrected chi connectivity index (χ3v) is 7.00. The molecule has 2 aliphatic rings. The molecule has 1 aliphatic heterocycles. The summed E-state index contributed by atoms with van der Waals surface area (Å²) in [5, 5.41) is 8.01. The number of quaternary nitrogens is 2. The third-order valence-electron chi connectivity index (χ3n) is 6.04. The maximum Gasteiger partial charge on any atom is 0.309 e.